The van der Waals surface area contributed by atoms with Gasteiger partial charge in [-0.05, 0) is 25.0 Å². The standard InChI is InChI=1S/C12H13N/c1-9-8-13-10(2)12(9)11-6-4-3-5-7-11/h3-7H,8H2,1-2H3. The minimum Gasteiger partial charge on any atom is -0.285 e. The van der Waals surface area contributed by atoms with Crippen molar-refractivity contribution in [2.45, 2.75) is 13.8 Å². The molecule has 0 fully saturated rings. The molecule has 0 bridgehead atoms. The molecule has 0 saturated heterocycles. The summed E-state index contributed by atoms with van der Waals surface area (Å²) in [7, 11) is 0. The summed E-state index contributed by atoms with van der Waals surface area (Å²) in [4.78, 5) is 4.42. The summed E-state index contributed by atoms with van der Waals surface area (Å²) in [6.45, 7) is 5.11. The Bertz CT molecular complexity index is 371. The van der Waals surface area contributed by atoms with E-state index in [-0.39, 0.29) is 0 Å². The van der Waals surface area contributed by atoms with Crippen LogP contribution in [-0.2, 0) is 0 Å². The van der Waals surface area contributed by atoms with Gasteiger partial charge in [0.15, 0.2) is 0 Å². The second-order valence-electron chi connectivity index (χ2n) is 3.42. The Labute approximate surface area is 78.8 Å². The lowest BCUT2D eigenvalue weighted by atomic mass is 9.99. The van der Waals surface area contributed by atoms with Gasteiger partial charge in [-0.3, -0.25) is 4.99 Å². The van der Waals surface area contributed by atoms with Gasteiger partial charge in [0.2, 0.25) is 0 Å². The van der Waals surface area contributed by atoms with Crippen molar-refractivity contribution >= 4 is 11.3 Å². The van der Waals surface area contributed by atoms with Crippen LogP contribution < -0.4 is 0 Å². The molecule has 1 aliphatic heterocycles. The van der Waals surface area contributed by atoms with E-state index in [2.05, 4.69) is 43.1 Å². The summed E-state index contributed by atoms with van der Waals surface area (Å²) in [6.07, 6.45) is 0. The minimum atomic E-state index is 0.871. The first-order chi connectivity index (χ1) is 6.29. The molecule has 13 heavy (non-hydrogen) atoms. The Kier molecular flexibility index (Phi) is 2.01. The maximum atomic E-state index is 4.42. The molecule has 1 aromatic carbocycles. The summed E-state index contributed by atoms with van der Waals surface area (Å²) in [5.74, 6) is 0. The van der Waals surface area contributed by atoms with Crippen molar-refractivity contribution in [3.05, 3.63) is 41.5 Å². The van der Waals surface area contributed by atoms with Gasteiger partial charge in [0, 0.05) is 11.3 Å². The van der Waals surface area contributed by atoms with E-state index in [0.29, 0.717) is 0 Å². The number of aliphatic imine (C=N–C) groups is 1. The van der Waals surface area contributed by atoms with Crippen molar-refractivity contribution in [1.29, 1.82) is 0 Å². The molecule has 66 valence electrons. The van der Waals surface area contributed by atoms with E-state index in [1.807, 2.05) is 6.07 Å². The molecule has 0 spiro atoms. The molecule has 0 aromatic heterocycles. The van der Waals surface area contributed by atoms with E-state index in [4.69, 9.17) is 0 Å². The lowest BCUT2D eigenvalue weighted by molar-refractivity contribution is 1.18. The smallest absolute Gasteiger partial charge is 0.0610 e. The topological polar surface area (TPSA) is 12.4 Å². The third-order valence-corrected chi connectivity index (χ3v) is 2.40. The molecule has 1 heterocycles. The summed E-state index contributed by atoms with van der Waals surface area (Å²) in [6, 6.07) is 10.5. The molecule has 1 nitrogen and oxygen atoms in total. The predicted octanol–water partition coefficient (Wildman–Crippen LogP) is 2.93. The van der Waals surface area contributed by atoms with Crippen molar-refractivity contribution in [2.75, 3.05) is 6.54 Å². The molecule has 0 amide bonds. The van der Waals surface area contributed by atoms with Crippen molar-refractivity contribution in [3.8, 4) is 0 Å². The average Bonchev–Trinajstić information content (AvgIpc) is 2.48. The normalized spacial score (nSPS) is 16.3. The number of hydrogen-bond acceptors (Lipinski definition) is 1. The van der Waals surface area contributed by atoms with Gasteiger partial charge < -0.3 is 0 Å². The second-order valence-corrected chi connectivity index (χ2v) is 3.42. The van der Waals surface area contributed by atoms with Gasteiger partial charge in [-0.2, -0.15) is 0 Å². The van der Waals surface area contributed by atoms with Crippen LogP contribution in [0.2, 0.25) is 0 Å². The Hall–Kier alpha value is -1.37. The lowest BCUT2D eigenvalue weighted by Crippen LogP contribution is -1.93. The van der Waals surface area contributed by atoms with Crippen LogP contribution in [0, 0.1) is 0 Å². The molecule has 1 aromatic rings. The molecule has 2 rings (SSSR count). The lowest BCUT2D eigenvalue weighted by Gasteiger charge is -2.04. The fraction of sp³-hybridized carbons (Fsp3) is 0.250. The van der Waals surface area contributed by atoms with E-state index >= 15 is 0 Å². The second kappa shape index (κ2) is 3.17. The van der Waals surface area contributed by atoms with Gasteiger partial charge in [0.05, 0.1) is 6.54 Å². The Morgan fingerprint density at radius 3 is 2.31 bits per heavy atom. The molecule has 0 aliphatic carbocycles. The quantitative estimate of drug-likeness (QED) is 0.616. The maximum absolute atomic E-state index is 4.42. The van der Waals surface area contributed by atoms with Gasteiger partial charge in [0.1, 0.15) is 0 Å². The fourth-order valence-corrected chi connectivity index (χ4v) is 1.76. The van der Waals surface area contributed by atoms with E-state index in [1.165, 1.54) is 22.4 Å². The van der Waals surface area contributed by atoms with Gasteiger partial charge in [-0.25, -0.2) is 0 Å². The van der Waals surface area contributed by atoms with Gasteiger partial charge in [-0.15, -0.1) is 0 Å². The van der Waals surface area contributed by atoms with E-state index in [0.717, 1.165) is 6.54 Å². The van der Waals surface area contributed by atoms with Crippen molar-refractivity contribution in [2.24, 2.45) is 4.99 Å². The highest BCUT2D eigenvalue weighted by Gasteiger charge is 2.13. The predicted molar refractivity (Wildman–Crippen MR) is 57.0 cm³/mol. The molecular weight excluding hydrogens is 158 g/mol. The minimum absolute atomic E-state index is 0.871. The Morgan fingerprint density at radius 1 is 1.08 bits per heavy atom. The third kappa shape index (κ3) is 1.42. The molecular formula is C12H13N. The largest absolute Gasteiger partial charge is 0.285 e. The number of benzene rings is 1. The summed E-state index contributed by atoms with van der Waals surface area (Å²) in [5.41, 5.74) is 5.17. The summed E-state index contributed by atoms with van der Waals surface area (Å²) >= 11 is 0. The average molecular weight is 171 g/mol. The van der Waals surface area contributed by atoms with Crippen LogP contribution in [0.15, 0.2) is 40.9 Å². The molecule has 0 saturated carbocycles. The maximum Gasteiger partial charge on any atom is 0.0610 e. The third-order valence-electron chi connectivity index (χ3n) is 2.40. The van der Waals surface area contributed by atoms with Crippen LogP contribution >= 0.6 is 0 Å². The number of hydrogen-bond donors (Lipinski definition) is 0. The SMILES string of the molecule is CC1=NCC(C)=C1c1ccccc1. The zero-order valence-electron chi connectivity index (χ0n) is 8.04. The highest BCUT2D eigenvalue weighted by Crippen LogP contribution is 2.24. The zero-order valence-corrected chi connectivity index (χ0v) is 8.04. The van der Waals surface area contributed by atoms with Crippen molar-refractivity contribution < 1.29 is 0 Å². The van der Waals surface area contributed by atoms with Gasteiger partial charge in [-0.1, -0.05) is 30.3 Å². The summed E-state index contributed by atoms with van der Waals surface area (Å²) in [5, 5.41) is 0. The van der Waals surface area contributed by atoms with Crippen LogP contribution in [0.3, 0.4) is 0 Å². The molecule has 1 heteroatoms. The number of rotatable bonds is 1. The highest BCUT2D eigenvalue weighted by atomic mass is 14.8. The Morgan fingerprint density at radius 2 is 1.77 bits per heavy atom. The van der Waals surface area contributed by atoms with E-state index in [9.17, 15) is 0 Å². The number of allylic oxidation sites excluding steroid dienone is 1. The van der Waals surface area contributed by atoms with Crippen LogP contribution in [0.1, 0.15) is 19.4 Å². The molecule has 0 atom stereocenters. The molecule has 0 radical (unpaired) electrons. The highest BCUT2D eigenvalue weighted by molar-refractivity contribution is 6.25. The first-order valence-electron chi connectivity index (χ1n) is 4.55. The summed E-state index contributed by atoms with van der Waals surface area (Å²) < 4.78 is 0. The fourth-order valence-electron chi connectivity index (χ4n) is 1.76. The monoisotopic (exact) mass is 171 g/mol. The van der Waals surface area contributed by atoms with Crippen LogP contribution in [-0.4, -0.2) is 12.3 Å². The van der Waals surface area contributed by atoms with Gasteiger partial charge in [0.25, 0.3) is 0 Å². The van der Waals surface area contributed by atoms with E-state index < -0.39 is 0 Å². The van der Waals surface area contributed by atoms with Crippen LogP contribution in [0.4, 0.5) is 0 Å². The number of nitrogens with zero attached hydrogens (tertiary/aromatic N) is 1. The molecule has 0 N–H and O–H groups in total. The van der Waals surface area contributed by atoms with Crippen molar-refractivity contribution in [3.63, 3.8) is 0 Å². The zero-order chi connectivity index (χ0) is 9.26. The Balaban J connectivity index is 2.48. The molecule has 0 unspecified atom stereocenters. The first-order valence-corrected chi connectivity index (χ1v) is 4.55. The molecule has 1 aliphatic rings. The van der Waals surface area contributed by atoms with Crippen LogP contribution in [0.25, 0.3) is 5.57 Å². The van der Waals surface area contributed by atoms with Crippen molar-refractivity contribution in [1.82, 2.24) is 0 Å². The van der Waals surface area contributed by atoms with Gasteiger partial charge >= 0.3 is 0 Å². The first kappa shape index (κ1) is 8.24. The van der Waals surface area contributed by atoms with Crippen LogP contribution in [0.5, 0.6) is 0 Å². The van der Waals surface area contributed by atoms with E-state index in [1.54, 1.807) is 0 Å².